The summed E-state index contributed by atoms with van der Waals surface area (Å²) in [6.45, 7) is 3.09. The highest BCUT2D eigenvalue weighted by molar-refractivity contribution is 9.10. The highest BCUT2D eigenvalue weighted by Crippen LogP contribution is 2.23. The molecule has 1 aromatic heterocycles. The molecular formula is C17H22BrN3O2S. The molecule has 2 rings (SSSR count). The fourth-order valence-corrected chi connectivity index (χ4v) is 2.71. The number of carbonyl (C=O) groups excluding carboxylic acids is 1. The maximum atomic E-state index is 12.3. The molecular weight excluding hydrogens is 390 g/mol. The van der Waals surface area contributed by atoms with Gasteiger partial charge in [0.25, 0.3) is 5.91 Å². The summed E-state index contributed by atoms with van der Waals surface area (Å²) in [5.41, 5.74) is 2.40. The Bertz CT molecular complexity index is 715. The molecule has 1 heterocycles. The minimum Gasteiger partial charge on any atom is -0.395 e. The Morgan fingerprint density at radius 3 is 3.04 bits per heavy atom. The van der Waals surface area contributed by atoms with Crippen molar-refractivity contribution >= 4 is 51.1 Å². The van der Waals surface area contributed by atoms with Gasteiger partial charge in [0.2, 0.25) is 0 Å². The van der Waals surface area contributed by atoms with Gasteiger partial charge in [-0.3, -0.25) is 4.79 Å². The smallest absolute Gasteiger partial charge is 0.269 e. The largest absolute Gasteiger partial charge is 0.395 e. The molecule has 1 aromatic carbocycles. The van der Waals surface area contributed by atoms with E-state index in [0.717, 1.165) is 33.8 Å². The number of oxime groups is 1. The van der Waals surface area contributed by atoms with E-state index < -0.39 is 0 Å². The van der Waals surface area contributed by atoms with Crippen molar-refractivity contribution in [3.8, 4) is 0 Å². The van der Waals surface area contributed by atoms with Crippen molar-refractivity contribution in [2.24, 2.45) is 5.16 Å². The molecule has 0 aliphatic heterocycles. The lowest BCUT2D eigenvalue weighted by atomic mass is 10.1. The van der Waals surface area contributed by atoms with E-state index in [0.29, 0.717) is 31.0 Å². The maximum absolute atomic E-state index is 12.3. The SMILES string of the molecule is CCCCO/N=C(\Cc1c[nH]c2ccc(Br)cc12)C(=O)NCCS. The average Bonchev–Trinajstić information content (AvgIpc) is 2.97. The molecule has 0 bridgehead atoms. The van der Waals surface area contributed by atoms with Crippen molar-refractivity contribution in [1.82, 2.24) is 10.3 Å². The summed E-state index contributed by atoms with van der Waals surface area (Å²) in [6, 6.07) is 6.01. The summed E-state index contributed by atoms with van der Waals surface area (Å²) >= 11 is 7.60. The van der Waals surface area contributed by atoms with Crippen LogP contribution in [0.2, 0.25) is 0 Å². The first-order chi connectivity index (χ1) is 11.7. The number of benzene rings is 1. The van der Waals surface area contributed by atoms with Crippen LogP contribution in [0.1, 0.15) is 25.3 Å². The van der Waals surface area contributed by atoms with Crippen LogP contribution in [0.3, 0.4) is 0 Å². The van der Waals surface area contributed by atoms with Crippen LogP contribution >= 0.6 is 28.6 Å². The number of aromatic amines is 1. The normalized spacial score (nSPS) is 11.7. The van der Waals surface area contributed by atoms with Crippen LogP contribution in [0.5, 0.6) is 0 Å². The van der Waals surface area contributed by atoms with Crippen LogP contribution in [0.15, 0.2) is 34.0 Å². The molecule has 0 fully saturated rings. The number of H-pyrrole nitrogens is 1. The number of thiol groups is 1. The van der Waals surface area contributed by atoms with Crippen molar-refractivity contribution in [2.45, 2.75) is 26.2 Å². The Morgan fingerprint density at radius 2 is 2.29 bits per heavy atom. The number of aromatic nitrogens is 1. The van der Waals surface area contributed by atoms with E-state index in [1.165, 1.54) is 0 Å². The summed E-state index contributed by atoms with van der Waals surface area (Å²) in [7, 11) is 0. The van der Waals surface area contributed by atoms with Gasteiger partial charge in [0.1, 0.15) is 12.3 Å². The van der Waals surface area contributed by atoms with E-state index in [1.54, 1.807) is 0 Å². The van der Waals surface area contributed by atoms with E-state index in [1.807, 2.05) is 24.4 Å². The van der Waals surface area contributed by atoms with Gasteiger partial charge in [-0.05, 0) is 30.2 Å². The Balaban J connectivity index is 2.19. The second-order valence-corrected chi connectivity index (χ2v) is 6.75. The minimum atomic E-state index is -0.218. The third kappa shape index (κ3) is 5.27. The highest BCUT2D eigenvalue weighted by Gasteiger charge is 2.15. The van der Waals surface area contributed by atoms with Crippen molar-refractivity contribution in [1.29, 1.82) is 0 Å². The zero-order valence-electron chi connectivity index (χ0n) is 13.6. The monoisotopic (exact) mass is 411 g/mol. The second kappa shape index (κ2) is 9.74. The fourth-order valence-electron chi connectivity index (χ4n) is 2.24. The van der Waals surface area contributed by atoms with E-state index in [9.17, 15) is 4.79 Å². The molecule has 0 spiro atoms. The summed E-state index contributed by atoms with van der Waals surface area (Å²) in [4.78, 5) is 20.8. The van der Waals surface area contributed by atoms with Crippen molar-refractivity contribution in [3.63, 3.8) is 0 Å². The Morgan fingerprint density at radius 1 is 1.46 bits per heavy atom. The molecule has 24 heavy (non-hydrogen) atoms. The number of rotatable bonds is 9. The summed E-state index contributed by atoms with van der Waals surface area (Å²) in [5, 5.41) is 7.93. The number of nitrogens with one attached hydrogen (secondary N) is 2. The number of halogens is 1. The van der Waals surface area contributed by atoms with Gasteiger partial charge in [-0.2, -0.15) is 12.6 Å². The molecule has 0 radical (unpaired) electrons. The van der Waals surface area contributed by atoms with Gasteiger partial charge >= 0.3 is 0 Å². The molecule has 0 aliphatic rings. The molecule has 0 aliphatic carbocycles. The molecule has 7 heteroatoms. The lowest BCUT2D eigenvalue weighted by Gasteiger charge is -2.07. The first-order valence-corrected chi connectivity index (χ1v) is 9.41. The predicted octanol–water partition coefficient (Wildman–Crippen LogP) is 3.69. The predicted molar refractivity (Wildman–Crippen MR) is 105 cm³/mol. The Hall–Kier alpha value is -1.47. The van der Waals surface area contributed by atoms with Crippen LogP contribution < -0.4 is 5.32 Å². The van der Waals surface area contributed by atoms with Crippen molar-refractivity contribution < 1.29 is 9.63 Å². The maximum Gasteiger partial charge on any atom is 0.269 e. The lowest BCUT2D eigenvalue weighted by Crippen LogP contribution is -2.33. The van der Waals surface area contributed by atoms with Gasteiger partial charge in [0.05, 0.1) is 0 Å². The minimum absolute atomic E-state index is 0.218. The van der Waals surface area contributed by atoms with E-state index in [-0.39, 0.29) is 5.91 Å². The third-order valence-corrected chi connectivity index (χ3v) is 4.23. The number of nitrogens with zero attached hydrogens (tertiary/aromatic N) is 1. The van der Waals surface area contributed by atoms with Crippen molar-refractivity contribution in [3.05, 3.63) is 34.4 Å². The molecule has 130 valence electrons. The molecule has 0 unspecified atom stereocenters. The standard InChI is InChI=1S/C17H22BrN3O2S/c1-2-3-7-23-21-16(17(22)19-6-8-24)9-12-11-20-15-5-4-13(18)10-14(12)15/h4-5,10-11,20,24H,2-3,6-9H2,1H3,(H,19,22)/b21-16+. The van der Waals surface area contributed by atoms with Gasteiger partial charge in [0.15, 0.2) is 0 Å². The molecule has 1 amide bonds. The van der Waals surface area contributed by atoms with Gasteiger partial charge in [-0.15, -0.1) is 0 Å². The quantitative estimate of drug-likeness (QED) is 0.255. The molecule has 2 N–H and O–H groups in total. The molecule has 2 aromatic rings. The van der Waals surface area contributed by atoms with Gasteiger partial charge < -0.3 is 15.1 Å². The Labute approximate surface area is 155 Å². The van der Waals surface area contributed by atoms with Gasteiger partial charge in [0, 0.05) is 40.3 Å². The first-order valence-electron chi connectivity index (χ1n) is 7.99. The zero-order valence-corrected chi connectivity index (χ0v) is 16.1. The fraction of sp³-hybridized carbons (Fsp3) is 0.412. The van der Waals surface area contributed by atoms with Gasteiger partial charge in [-0.1, -0.05) is 34.4 Å². The highest BCUT2D eigenvalue weighted by atomic mass is 79.9. The summed E-state index contributed by atoms with van der Waals surface area (Å²) in [6.07, 6.45) is 4.24. The van der Waals surface area contributed by atoms with Crippen LogP contribution in [-0.4, -0.2) is 35.5 Å². The number of fused-ring (bicyclic) bond motifs is 1. The number of carbonyl (C=O) groups is 1. The van der Waals surface area contributed by atoms with E-state index >= 15 is 0 Å². The second-order valence-electron chi connectivity index (χ2n) is 5.38. The number of amides is 1. The van der Waals surface area contributed by atoms with Crippen LogP contribution in [-0.2, 0) is 16.1 Å². The molecule has 0 atom stereocenters. The third-order valence-electron chi connectivity index (χ3n) is 3.51. The first kappa shape index (κ1) is 18.9. The summed E-state index contributed by atoms with van der Waals surface area (Å²) in [5.74, 6) is 0.361. The van der Waals surface area contributed by atoms with E-state index in [2.05, 4.69) is 50.9 Å². The molecule has 5 nitrogen and oxygen atoms in total. The van der Waals surface area contributed by atoms with Gasteiger partial charge in [-0.25, -0.2) is 0 Å². The number of hydrogen-bond acceptors (Lipinski definition) is 4. The Kier molecular flexibility index (Phi) is 7.65. The molecule has 0 saturated carbocycles. The van der Waals surface area contributed by atoms with Crippen LogP contribution in [0.25, 0.3) is 10.9 Å². The lowest BCUT2D eigenvalue weighted by molar-refractivity contribution is -0.115. The summed E-state index contributed by atoms with van der Waals surface area (Å²) < 4.78 is 0.994. The number of unbranched alkanes of at least 4 members (excludes halogenated alkanes) is 1. The van der Waals surface area contributed by atoms with Crippen LogP contribution in [0.4, 0.5) is 0 Å². The average molecular weight is 412 g/mol. The van der Waals surface area contributed by atoms with E-state index in [4.69, 9.17) is 4.84 Å². The van der Waals surface area contributed by atoms with Crippen LogP contribution in [0, 0.1) is 0 Å². The topological polar surface area (TPSA) is 66.5 Å². The van der Waals surface area contributed by atoms with Crippen molar-refractivity contribution in [2.75, 3.05) is 18.9 Å². The zero-order chi connectivity index (χ0) is 17.4. The molecule has 0 saturated heterocycles. The number of hydrogen-bond donors (Lipinski definition) is 3.